The number of rotatable bonds is 5. The molecule has 2 heterocycles. The number of hydrogen-bond donors (Lipinski definition) is 0. The molecule has 0 bridgehead atoms. The van der Waals surface area contributed by atoms with Gasteiger partial charge in [0.25, 0.3) is 5.56 Å². The van der Waals surface area contributed by atoms with Crippen molar-refractivity contribution in [3.05, 3.63) is 46.4 Å². The largest absolute Gasteiger partial charge is 0.425 e. The van der Waals surface area contributed by atoms with Gasteiger partial charge >= 0.3 is 0 Å². The van der Waals surface area contributed by atoms with Crippen LogP contribution in [0.25, 0.3) is 10.9 Å². The van der Waals surface area contributed by atoms with Gasteiger partial charge in [-0.25, -0.2) is 4.98 Å². The van der Waals surface area contributed by atoms with Crippen molar-refractivity contribution in [3.8, 4) is 0 Å². The van der Waals surface area contributed by atoms with Gasteiger partial charge in [-0.15, -0.1) is 10.2 Å². The van der Waals surface area contributed by atoms with E-state index in [0.29, 0.717) is 46.1 Å². The second-order valence-corrected chi connectivity index (χ2v) is 6.67. The molecule has 0 saturated carbocycles. The van der Waals surface area contributed by atoms with E-state index in [1.807, 2.05) is 24.3 Å². The van der Waals surface area contributed by atoms with E-state index >= 15 is 0 Å². The van der Waals surface area contributed by atoms with Crippen molar-refractivity contribution in [3.63, 3.8) is 0 Å². The molecule has 1 aromatic carbocycles. The molecule has 23 heavy (non-hydrogen) atoms. The molecule has 0 aliphatic rings. The molecule has 0 aliphatic carbocycles. The third-order valence-corrected chi connectivity index (χ3v) is 4.23. The zero-order valence-corrected chi connectivity index (χ0v) is 14.1. The Morgan fingerprint density at radius 1 is 1.26 bits per heavy atom. The lowest BCUT2D eigenvalue weighted by atomic mass is 10.2. The van der Waals surface area contributed by atoms with Crippen LogP contribution >= 0.6 is 11.8 Å². The first-order valence-electron chi connectivity index (χ1n) is 7.46. The molecule has 7 heteroatoms. The minimum atomic E-state index is -0.00601. The summed E-state index contributed by atoms with van der Waals surface area (Å²) in [6.07, 6.45) is 0. The SMILES string of the molecule is Cc1nnc(CSc2nc3ccccc3c(=O)n2CC(C)C)o1. The Kier molecular flexibility index (Phi) is 4.47. The maximum absolute atomic E-state index is 12.8. The lowest BCUT2D eigenvalue weighted by Crippen LogP contribution is -2.25. The van der Waals surface area contributed by atoms with Crippen molar-refractivity contribution in [2.24, 2.45) is 5.92 Å². The molecule has 0 spiro atoms. The van der Waals surface area contributed by atoms with E-state index in [4.69, 9.17) is 4.42 Å². The highest BCUT2D eigenvalue weighted by Gasteiger charge is 2.14. The Morgan fingerprint density at radius 2 is 2.04 bits per heavy atom. The molecule has 3 aromatic rings. The van der Waals surface area contributed by atoms with Crippen LogP contribution in [0.15, 0.2) is 38.6 Å². The predicted molar refractivity (Wildman–Crippen MR) is 89.4 cm³/mol. The molecule has 6 nitrogen and oxygen atoms in total. The monoisotopic (exact) mass is 330 g/mol. The summed E-state index contributed by atoms with van der Waals surface area (Å²) in [6, 6.07) is 7.42. The number of aromatic nitrogens is 4. The fourth-order valence-electron chi connectivity index (χ4n) is 2.31. The predicted octanol–water partition coefficient (Wildman–Crippen LogP) is 3.04. The van der Waals surface area contributed by atoms with E-state index in [-0.39, 0.29) is 5.56 Å². The third kappa shape index (κ3) is 3.44. The van der Waals surface area contributed by atoms with Gasteiger partial charge in [-0.3, -0.25) is 9.36 Å². The van der Waals surface area contributed by atoms with Gasteiger partial charge in [0, 0.05) is 13.5 Å². The topological polar surface area (TPSA) is 73.8 Å². The third-order valence-electron chi connectivity index (χ3n) is 3.27. The average molecular weight is 330 g/mol. The first kappa shape index (κ1) is 15.7. The van der Waals surface area contributed by atoms with Crippen molar-refractivity contribution in [1.82, 2.24) is 19.7 Å². The van der Waals surface area contributed by atoms with Crippen molar-refractivity contribution in [2.75, 3.05) is 0 Å². The van der Waals surface area contributed by atoms with E-state index in [2.05, 4.69) is 29.0 Å². The van der Waals surface area contributed by atoms with E-state index in [9.17, 15) is 4.79 Å². The fourth-order valence-corrected chi connectivity index (χ4v) is 3.15. The summed E-state index contributed by atoms with van der Waals surface area (Å²) in [4.78, 5) is 17.4. The standard InChI is InChI=1S/C16H18N4O2S/c1-10(2)8-20-15(21)12-6-4-5-7-13(12)17-16(20)23-9-14-19-18-11(3)22-14/h4-7,10H,8-9H2,1-3H3. The highest BCUT2D eigenvalue weighted by Crippen LogP contribution is 2.22. The number of thioether (sulfide) groups is 1. The number of hydrogen-bond acceptors (Lipinski definition) is 6. The second kappa shape index (κ2) is 6.54. The van der Waals surface area contributed by atoms with Gasteiger partial charge in [0.05, 0.1) is 16.7 Å². The Labute approximate surface area is 137 Å². The van der Waals surface area contributed by atoms with Gasteiger partial charge in [-0.1, -0.05) is 37.7 Å². The molecule has 0 amide bonds. The molecule has 0 radical (unpaired) electrons. The minimum Gasteiger partial charge on any atom is -0.425 e. The van der Waals surface area contributed by atoms with E-state index in [0.717, 1.165) is 0 Å². The first-order valence-corrected chi connectivity index (χ1v) is 8.44. The minimum absolute atomic E-state index is 0.00601. The highest BCUT2D eigenvalue weighted by atomic mass is 32.2. The zero-order chi connectivity index (χ0) is 16.4. The van der Waals surface area contributed by atoms with Gasteiger partial charge in [-0.05, 0) is 18.1 Å². The van der Waals surface area contributed by atoms with Crippen LogP contribution in [0.3, 0.4) is 0 Å². The smallest absolute Gasteiger partial charge is 0.262 e. The van der Waals surface area contributed by atoms with Crippen LogP contribution in [0, 0.1) is 12.8 Å². The number of para-hydroxylation sites is 1. The Bertz CT molecular complexity index is 885. The van der Waals surface area contributed by atoms with Crippen LogP contribution in [0.2, 0.25) is 0 Å². The normalized spacial score (nSPS) is 11.5. The van der Waals surface area contributed by atoms with Crippen molar-refractivity contribution in [2.45, 2.75) is 38.2 Å². The Hall–Kier alpha value is -2.15. The molecular formula is C16H18N4O2S. The molecule has 2 aromatic heterocycles. The van der Waals surface area contributed by atoms with Crippen molar-refractivity contribution < 1.29 is 4.42 Å². The summed E-state index contributed by atoms with van der Waals surface area (Å²) < 4.78 is 7.12. The van der Waals surface area contributed by atoms with Crippen molar-refractivity contribution >= 4 is 22.7 Å². The van der Waals surface area contributed by atoms with Gasteiger partial charge in [0.1, 0.15) is 0 Å². The van der Waals surface area contributed by atoms with E-state index in [1.54, 1.807) is 11.5 Å². The van der Waals surface area contributed by atoms with Gasteiger partial charge in [-0.2, -0.15) is 0 Å². The summed E-state index contributed by atoms with van der Waals surface area (Å²) >= 11 is 1.44. The number of aryl methyl sites for hydroxylation is 1. The summed E-state index contributed by atoms with van der Waals surface area (Å²) in [5, 5.41) is 9.13. The maximum Gasteiger partial charge on any atom is 0.262 e. The van der Waals surface area contributed by atoms with Gasteiger partial charge in [0.2, 0.25) is 11.8 Å². The van der Waals surface area contributed by atoms with Crippen LogP contribution < -0.4 is 5.56 Å². The molecule has 0 unspecified atom stereocenters. The highest BCUT2D eigenvalue weighted by molar-refractivity contribution is 7.98. The molecule has 0 saturated heterocycles. The van der Waals surface area contributed by atoms with E-state index < -0.39 is 0 Å². The molecule has 120 valence electrons. The van der Waals surface area contributed by atoms with E-state index in [1.165, 1.54) is 11.8 Å². The van der Waals surface area contributed by atoms with Crippen LogP contribution in [0.5, 0.6) is 0 Å². The molecular weight excluding hydrogens is 312 g/mol. The molecule has 0 aliphatic heterocycles. The summed E-state index contributed by atoms with van der Waals surface area (Å²) in [7, 11) is 0. The number of benzene rings is 1. The summed E-state index contributed by atoms with van der Waals surface area (Å²) in [5.41, 5.74) is 0.704. The quantitative estimate of drug-likeness (QED) is 0.529. The summed E-state index contributed by atoms with van der Waals surface area (Å²) in [6.45, 7) is 6.54. The average Bonchev–Trinajstić information content (AvgIpc) is 2.94. The lowest BCUT2D eigenvalue weighted by molar-refractivity contribution is 0.472. The van der Waals surface area contributed by atoms with Crippen molar-refractivity contribution in [1.29, 1.82) is 0 Å². The van der Waals surface area contributed by atoms with Crippen LogP contribution in [0.1, 0.15) is 25.6 Å². The second-order valence-electron chi connectivity index (χ2n) is 5.72. The van der Waals surface area contributed by atoms with Gasteiger partial charge < -0.3 is 4.42 Å². The maximum atomic E-state index is 12.8. The van der Waals surface area contributed by atoms with Crippen LogP contribution in [0.4, 0.5) is 0 Å². The summed E-state index contributed by atoms with van der Waals surface area (Å²) in [5.74, 6) is 1.90. The van der Waals surface area contributed by atoms with Gasteiger partial charge in [0.15, 0.2) is 5.16 Å². The molecule has 0 fully saturated rings. The molecule has 0 atom stereocenters. The Balaban J connectivity index is 2.00. The first-order chi connectivity index (χ1) is 11.0. The zero-order valence-electron chi connectivity index (χ0n) is 13.3. The van der Waals surface area contributed by atoms with Crippen LogP contribution in [-0.2, 0) is 12.3 Å². The number of nitrogens with zero attached hydrogens (tertiary/aromatic N) is 4. The number of fused-ring (bicyclic) bond motifs is 1. The lowest BCUT2D eigenvalue weighted by Gasteiger charge is -2.14. The fraction of sp³-hybridized carbons (Fsp3) is 0.375. The molecule has 3 rings (SSSR count). The Morgan fingerprint density at radius 3 is 2.74 bits per heavy atom. The molecule has 0 N–H and O–H groups in total. The van der Waals surface area contributed by atoms with Crippen LogP contribution in [-0.4, -0.2) is 19.7 Å².